The fourth-order valence-corrected chi connectivity index (χ4v) is 4.47. The van der Waals surface area contributed by atoms with Gasteiger partial charge in [0.15, 0.2) is 16.9 Å². The zero-order valence-electron chi connectivity index (χ0n) is 17.9. The number of pyridine rings is 1. The summed E-state index contributed by atoms with van der Waals surface area (Å²) in [5, 5.41) is 9.85. The summed E-state index contributed by atoms with van der Waals surface area (Å²) >= 11 is 0. The van der Waals surface area contributed by atoms with Crippen molar-refractivity contribution in [3.63, 3.8) is 0 Å². The van der Waals surface area contributed by atoms with E-state index in [4.69, 9.17) is 9.47 Å². The van der Waals surface area contributed by atoms with Crippen molar-refractivity contribution in [2.24, 2.45) is 0 Å². The number of hydrogen-bond donors (Lipinski definition) is 2. The second-order valence-electron chi connectivity index (χ2n) is 8.33. The standard InChI is InChI=1S/C24H25N3O5/c1-15-19(23(28)17-3-2-4-18(24(29)30)22(17)25-15)13-27-9-7-26(8-10-27)12-16-5-6-20-21(11-16)32-14-31-20/h2-6,11H,7-10,12-14H2,1H3,(H,25,28)(H,29,30). The second-order valence-corrected chi connectivity index (χ2v) is 8.33. The highest BCUT2D eigenvalue weighted by Gasteiger charge is 2.22. The summed E-state index contributed by atoms with van der Waals surface area (Å²) in [5.41, 5.74) is 3.02. The Morgan fingerprint density at radius 3 is 2.50 bits per heavy atom. The fourth-order valence-electron chi connectivity index (χ4n) is 4.47. The van der Waals surface area contributed by atoms with E-state index in [1.165, 1.54) is 11.6 Å². The van der Waals surface area contributed by atoms with Gasteiger partial charge in [-0.25, -0.2) is 4.79 Å². The summed E-state index contributed by atoms with van der Waals surface area (Å²) in [4.78, 5) is 32.5. The van der Waals surface area contributed by atoms with E-state index in [1.54, 1.807) is 12.1 Å². The van der Waals surface area contributed by atoms with Gasteiger partial charge in [0.05, 0.1) is 11.1 Å². The van der Waals surface area contributed by atoms with Crippen LogP contribution in [0.2, 0.25) is 0 Å². The molecule has 3 aromatic rings. The van der Waals surface area contributed by atoms with E-state index >= 15 is 0 Å². The van der Waals surface area contributed by atoms with Crippen LogP contribution in [0.1, 0.15) is 27.2 Å². The van der Waals surface area contributed by atoms with Crippen molar-refractivity contribution in [3.05, 3.63) is 69.0 Å². The van der Waals surface area contributed by atoms with Crippen LogP contribution in [0.3, 0.4) is 0 Å². The van der Waals surface area contributed by atoms with Crippen molar-refractivity contribution in [3.8, 4) is 11.5 Å². The average Bonchev–Trinajstić information content (AvgIpc) is 3.25. The second kappa shape index (κ2) is 8.29. The van der Waals surface area contributed by atoms with Crippen molar-refractivity contribution in [1.82, 2.24) is 14.8 Å². The van der Waals surface area contributed by atoms with E-state index in [9.17, 15) is 14.7 Å². The summed E-state index contributed by atoms with van der Waals surface area (Å²) in [6.07, 6.45) is 0. The van der Waals surface area contributed by atoms with Gasteiger partial charge in [0, 0.05) is 55.9 Å². The number of rotatable bonds is 5. The number of nitrogens with one attached hydrogen (secondary N) is 1. The molecule has 3 heterocycles. The largest absolute Gasteiger partial charge is 0.478 e. The van der Waals surface area contributed by atoms with Gasteiger partial charge in [-0.2, -0.15) is 0 Å². The van der Waals surface area contributed by atoms with Gasteiger partial charge in [0.1, 0.15) is 0 Å². The Morgan fingerprint density at radius 2 is 1.75 bits per heavy atom. The van der Waals surface area contributed by atoms with Crippen molar-refractivity contribution in [1.29, 1.82) is 0 Å². The maximum Gasteiger partial charge on any atom is 0.337 e. The molecule has 5 rings (SSSR count). The number of aromatic amines is 1. The molecule has 2 aliphatic rings. The van der Waals surface area contributed by atoms with Crippen LogP contribution in [-0.2, 0) is 13.1 Å². The van der Waals surface area contributed by atoms with Crippen LogP contribution in [0.25, 0.3) is 10.9 Å². The maximum absolute atomic E-state index is 13.1. The van der Waals surface area contributed by atoms with E-state index in [1.807, 2.05) is 19.1 Å². The summed E-state index contributed by atoms with van der Waals surface area (Å²) in [6.45, 7) is 7.04. The minimum absolute atomic E-state index is 0.0952. The molecule has 0 saturated carbocycles. The molecule has 0 aliphatic carbocycles. The molecule has 1 saturated heterocycles. The first-order chi connectivity index (χ1) is 15.5. The first kappa shape index (κ1) is 20.5. The maximum atomic E-state index is 13.1. The minimum Gasteiger partial charge on any atom is -0.478 e. The van der Waals surface area contributed by atoms with Crippen LogP contribution in [0, 0.1) is 6.92 Å². The number of hydrogen-bond acceptors (Lipinski definition) is 6. The van der Waals surface area contributed by atoms with E-state index in [-0.39, 0.29) is 17.8 Å². The summed E-state index contributed by atoms with van der Waals surface area (Å²) < 4.78 is 10.8. The molecule has 1 fully saturated rings. The molecule has 2 N–H and O–H groups in total. The molecule has 0 radical (unpaired) electrons. The third-order valence-corrected chi connectivity index (χ3v) is 6.27. The molecule has 166 valence electrons. The van der Waals surface area contributed by atoms with Crippen LogP contribution in [0.4, 0.5) is 0 Å². The molecule has 0 spiro atoms. The molecule has 2 aliphatic heterocycles. The number of carboxylic acid groups (broad SMARTS) is 1. The molecule has 2 aromatic carbocycles. The van der Waals surface area contributed by atoms with E-state index in [2.05, 4.69) is 20.9 Å². The lowest BCUT2D eigenvalue weighted by Crippen LogP contribution is -2.46. The lowest BCUT2D eigenvalue weighted by Gasteiger charge is -2.34. The quantitative estimate of drug-likeness (QED) is 0.636. The third-order valence-electron chi connectivity index (χ3n) is 6.27. The zero-order valence-corrected chi connectivity index (χ0v) is 17.9. The Morgan fingerprint density at radius 1 is 1.03 bits per heavy atom. The molecule has 0 amide bonds. The highest BCUT2D eigenvalue weighted by atomic mass is 16.7. The molecular weight excluding hydrogens is 410 g/mol. The SMILES string of the molecule is Cc1[nH]c2c(C(=O)O)cccc2c(=O)c1CN1CCN(Cc2ccc3c(c2)OCO3)CC1. The fraction of sp³-hybridized carbons (Fsp3) is 0.333. The molecule has 0 atom stereocenters. The van der Waals surface area contributed by atoms with E-state index in [0.717, 1.165) is 49.9 Å². The Balaban J connectivity index is 1.27. The van der Waals surface area contributed by atoms with Gasteiger partial charge < -0.3 is 19.6 Å². The van der Waals surface area contributed by atoms with E-state index < -0.39 is 5.97 Å². The van der Waals surface area contributed by atoms with Gasteiger partial charge in [0.25, 0.3) is 0 Å². The van der Waals surface area contributed by atoms with Crippen molar-refractivity contribution in [2.45, 2.75) is 20.0 Å². The first-order valence-electron chi connectivity index (χ1n) is 10.7. The summed E-state index contributed by atoms with van der Waals surface area (Å²) in [7, 11) is 0. The number of fused-ring (bicyclic) bond motifs is 2. The number of benzene rings is 2. The van der Waals surface area contributed by atoms with Gasteiger partial charge in [0.2, 0.25) is 6.79 Å². The number of piperazine rings is 1. The van der Waals surface area contributed by atoms with Crippen molar-refractivity contribution < 1.29 is 19.4 Å². The lowest BCUT2D eigenvalue weighted by atomic mass is 10.0. The Bertz CT molecular complexity index is 1240. The van der Waals surface area contributed by atoms with Crippen LogP contribution < -0.4 is 14.9 Å². The number of aryl methyl sites for hydroxylation is 1. The smallest absolute Gasteiger partial charge is 0.337 e. The topological polar surface area (TPSA) is 95.1 Å². The molecule has 8 heteroatoms. The number of carbonyl (C=O) groups is 1. The van der Waals surface area contributed by atoms with Crippen molar-refractivity contribution in [2.75, 3.05) is 33.0 Å². The number of aromatic carboxylic acids is 1. The van der Waals surface area contributed by atoms with Crippen LogP contribution >= 0.6 is 0 Å². The first-order valence-corrected chi connectivity index (χ1v) is 10.7. The molecular formula is C24H25N3O5. The van der Waals surface area contributed by atoms with Crippen LogP contribution in [-0.4, -0.2) is 58.8 Å². The van der Waals surface area contributed by atoms with E-state index in [0.29, 0.717) is 23.0 Å². The highest BCUT2D eigenvalue weighted by molar-refractivity contribution is 6.01. The third kappa shape index (κ3) is 3.83. The van der Waals surface area contributed by atoms with Gasteiger partial charge in [-0.05, 0) is 36.8 Å². The van der Waals surface area contributed by atoms with Gasteiger partial charge >= 0.3 is 5.97 Å². The summed E-state index contributed by atoms with van der Waals surface area (Å²) in [5.74, 6) is 0.556. The van der Waals surface area contributed by atoms with Crippen LogP contribution in [0.15, 0.2) is 41.2 Å². The molecule has 0 unspecified atom stereocenters. The number of H-pyrrole nitrogens is 1. The lowest BCUT2D eigenvalue weighted by molar-refractivity contribution is 0.0699. The molecule has 1 aromatic heterocycles. The highest BCUT2D eigenvalue weighted by Crippen LogP contribution is 2.32. The predicted octanol–water partition coefficient (Wildman–Crippen LogP) is 2.58. The van der Waals surface area contributed by atoms with Gasteiger partial charge in [-0.1, -0.05) is 12.1 Å². The Labute approximate surface area is 185 Å². The Kier molecular flexibility index (Phi) is 5.32. The number of aromatic nitrogens is 1. The average molecular weight is 435 g/mol. The Hall–Kier alpha value is -3.36. The number of ether oxygens (including phenoxy) is 2. The molecule has 8 nitrogen and oxygen atoms in total. The molecule has 32 heavy (non-hydrogen) atoms. The normalized spacial score (nSPS) is 16.5. The predicted molar refractivity (Wildman–Crippen MR) is 119 cm³/mol. The number of para-hydroxylation sites is 1. The van der Waals surface area contributed by atoms with Crippen molar-refractivity contribution >= 4 is 16.9 Å². The van der Waals surface area contributed by atoms with Crippen LogP contribution in [0.5, 0.6) is 11.5 Å². The number of carboxylic acids is 1. The van der Waals surface area contributed by atoms with Gasteiger partial charge in [-0.15, -0.1) is 0 Å². The summed E-state index contributed by atoms with van der Waals surface area (Å²) in [6, 6.07) is 10.9. The number of nitrogens with zero attached hydrogens (tertiary/aromatic N) is 2. The van der Waals surface area contributed by atoms with Gasteiger partial charge in [-0.3, -0.25) is 14.6 Å². The monoisotopic (exact) mass is 435 g/mol. The minimum atomic E-state index is -1.04. The molecule has 0 bridgehead atoms. The zero-order chi connectivity index (χ0) is 22.2.